The number of unbranched alkanes of at least 4 members (excludes halogenated alkanes) is 11. The Morgan fingerprint density at radius 2 is 0.821 bits per heavy atom. The topological polar surface area (TPSA) is 64.6 Å². The van der Waals surface area contributed by atoms with Gasteiger partial charge in [-0.3, -0.25) is 0 Å². The van der Waals surface area contributed by atoms with Crippen molar-refractivity contribution < 1.29 is 28.8 Å². The molecule has 0 aliphatic carbocycles. The first-order valence-corrected chi connectivity index (χ1v) is 16.3. The normalized spacial score (nSPS) is 18.8. The Balaban J connectivity index is 1.96. The molecule has 0 aromatic heterocycles. The van der Waals surface area contributed by atoms with E-state index in [1.165, 1.54) is 70.6 Å². The number of hydrogen-bond acceptors (Lipinski definition) is 7. The first-order valence-electron chi connectivity index (χ1n) is 9.92. The molecule has 0 N–H and O–H groups in total. The zero-order valence-electron chi connectivity index (χ0n) is 16.6. The molecule has 1 aliphatic heterocycles. The van der Waals surface area contributed by atoms with E-state index >= 15 is 0 Å². The zero-order valence-corrected chi connectivity index (χ0v) is 23.6. The maximum atomic E-state index is 5.75. The molecule has 1 aliphatic rings. The third-order valence-corrected chi connectivity index (χ3v) is 10.5. The quantitative estimate of drug-likeness (QED) is 0.281. The van der Waals surface area contributed by atoms with Crippen molar-refractivity contribution in [2.45, 2.75) is 90.0 Å². The van der Waals surface area contributed by atoms with Crippen molar-refractivity contribution >= 4 is 69.3 Å². The van der Waals surface area contributed by atoms with Gasteiger partial charge < -0.3 is 28.8 Å². The van der Waals surface area contributed by atoms with Crippen LogP contribution in [-0.2, 0) is 28.8 Å². The van der Waals surface area contributed by atoms with E-state index in [4.69, 9.17) is 28.8 Å². The largest absolute Gasteiger partial charge is 0.413 e. The van der Waals surface area contributed by atoms with E-state index in [1.54, 1.807) is 0 Å². The van der Waals surface area contributed by atoms with E-state index in [0.717, 1.165) is 12.5 Å². The van der Waals surface area contributed by atoms with Crippen molar-refractivity contribution in [3.63, 3.8) is 0 Å². The van der Waals surface area contributed by atoms with Gasteiger partial charge in [0.2, 0.25) is 0 Å². The molecule has 14 heteroatoms. The molecule has 0 bridgehead atoms. The van der Waals surface area contributed by atoms with Crippen LogP contribution in [0.2, 0.25) is 6.04 Å². The molecule has 28 heavy (non-hydrogen) atoms. The van der Waals surface area contributed by atoms with Gasteiger partial charge in [0.05, 0.1) is 0 Å². The van der Waals surface area contributed by atoms with Crippen LogP contribution >= 0.6 is 0 Å². The summed E-state index contributed by atoms with van der Waals surface area (Å²) in [5, 5.41) is 0. The molecule has 1 fully saturated rings. The van der Waals surface area contributed by atoms with Crippen molar-refractivity contribution in [2.24, 2.45) is 0 Å². The summed E-state index contributed by atoms with van der Waals surface area (Å²) in [5.41, 5.74) is 0. The van der Waals surface area contributed by atoms with Crippen LogP contribution in [0.15, 0.2) is 0 Å². The summed E-state index contributed by atoms with van der Waals surface area (Å²) in [6.07, 6.45) is 16.2. The second-order valence-electron chi connectivity index (χ2n) is 6.23. The lowest BCUT2D eigenvalue weighted by molar-refractivity contribution is 0.335. The van der Waals surface area contributed by atoms with Crippen molar-refractivity contribution in [2.75, 3.05) is 0 Å². The fourth-order valence-corrected chi connectivity index (χ4v) is 9.11. The molecule has 0 atom stereocenters. The van der Waals surface area contributed by atoms with Crippen LogP contribution in [0.4, 0.5) is 0 Å². The SMILES string of the molecule is CCCCCCCCCCCCCC[Si]1O[Si]O[Si]O[Si]O[Si]O[Si]O[Si]O1. The van der Waals surface area contributed by atoms with Gasteiger partial charge in [0, 0.05) is 0 Å². The summed E-state index contributed by atoms with van der Waals surface area (Å²) in [5.74, 6) is 0. The molecule has 7 nitrogen and oxygen atoms in total. The van der Waals surface area contributed by atoms with Gasteiger partial charge in [0.25, 0.3) is 0 Å². The highest BCUT2D eigenvalue weighted by atomic mass is 28.4. The van der Waals surface area contributed by atoms with E-state index in [9.17, 15) is 0 Å². The Kier molecular flexibility index (Phi) is 22.3. The molecule has 0 aromatic carbocycles. The second kappa shape index (κ2) is 22.9. The lowest BCUT2D eigenvalue weighted by Crippen LogP contribution is -2.31. The first-order chi connectivity index (χ1) is 13.9. The highest BCUT2D eigenvalue weighted by Crippen LogP contribution is 2.13. The molecule has 1 rings (SSSR count). The van der Waals surface area contributed by atoms with Gasteiger partial charge in [-0.25, -0.2) is 0 Å². The summed E-state index contributed by atoms with van der Waals surface area (Å²) in [4.78, 5) is 0. The minimum atomic E-state index is -1.36. The predicted molar refractivity (Wildman–Crippen MR) is 114 cm³/mol. The zero-order chi connectivity index (χ0) is 20.0. The Morgan fingerprint density at radius 1 is 0.464 bits per heavy atom. The van der Waals surface area contributed by atoms with Crippen LogP contribution in [-0.4, -0.2) is 69.3 Å². The van der Waals surface area contributed by atoms with E-state index in [-0.39, 0.29) is 60.0 Å². The third-order valence-electron chi connectivity index (χ3n) is 3.96. The van der Waals surface area contributed by atoms with Gasteiger partial charge in [0.1, 0.15) is 0 Å². The van der Waals surface area contributed by atoms with Crippen LogP contribution in [0.1, 0.15) is 84.0 Å². The van der Waals surface area contributed by atoms with Gasteiger partial charge >= 0.3 is 69.3 Å². The average Bonchev–Trinajstić information content (AvgIpc) is 2.71. The Morgan fingerprint density at radius 3 is 1.25 bits per heavy atom. The molecular weight excluding hydrogens is 477 g/mol. The molecule has 0 unspecified atom stereocenters. The molecule has 155 valence electrons. The Bertz CT molecular complexity index is 310. The Hall–Kier alpha value is 1.24. The summed E-state index contributed by atoms with van der Waals surface area (Å²) in [6.45, 7) is 2.27. The highest BCUT2D eigenvalue weighted by Gasteiger charge is 2.18. The van der Waals surface area contributed by atoms with Gasteiger partial charge in [-0.05, 0) is 6.04 Å². The summed E-state index contributed by atoms with van der Waals surface area (Å²) in [7, 11) is -1.79. The van der Waals surface area contributed by atoms with Crippen LogP contribution < -0.4 is 0 Å². The van der Waals surface area contributed by atoms with Gasteiger partial charge in [-0.15, -0.1) is 0 Å². The van der Waals surface area contributed by atoms with Gasteiger partial charge in [-0.1, -0.05) is 84.0 Å². The molecule has 0 saturated carbocycles. The van der Waals surface area contributed by atoms with Crippen molar-refractivity contribution in [1.82, 2.24) is 0 Å². The number of rotatable bonds is 13. The van der Waals surface area contributed by atoms with Gasteiger partial charge in [0.15, 0.2) is 0 Å². The smallest absolute Gasteiger partial charge is 0.412 e. The molecule has 0 amide bonds. The van der Waals surface area contributed by atoms with Crippen molar-refractivity contribution in [3.8, 4) is 0 Å². The summed E-state index contributed by atoms with van der Waals surface area (Å²) < 4.78 is 37.7. The highest BCUT2D eigenvalue weighted by molar-refractivity contribution is 6.58. The lowest BCUT2D eigenvalue weighted by atomic mass is 10.1. The molecular formula is C14H29O7Si7. The minimum absolute atomic E-state index is 0.0563. The lowest BCUT2D eigenvalue weighted by Gasteiger charge is -2.14. The number of hydrogen-bond donors (Lipinski definition) is 0. The monoisotopic (exact) mass is 505 g/mol. The minimum Gasteiger partial charge on any atom is -0.413 e. The standard InChI is InChI=1S/C14H29O7Si7/c1-2-3-4-5-6-7-8-9-10-11-12-13-14-28-20-26-18-24-16-22-15-23-17-25-19-27-21-28/h2-14H2,1H3. The van der Waals surface area contributed by atoms with Crippen molar-refractivity contribution in [1.29, 1.82) is 0 Å². The van der Waals surface area contributed by atoms with Crippen LogP contribution in [0.25, 0.3) is 0 Å². The molecule has 0 spiro atoms. The molecule has 1 heterocycles. The predicted octanol–water partition coefficient (Wildman–Crippen LogP) is 2.51. The fourth-order valence-electron chi connectivity index (χ4n) is 2.54. The van der Waals surface area contributed by atoms with Crippen LogP contribution in [0, 0.1) is 0 Å². The van der Waals surface area contributed by atoms with Crippen molar-refractivity contribution in [3.05, 3.63) is 0 Å². The summed E-state index contributed by atoms with van der Waals surface area (Å²) in [6, 6.07) is 0.954. The fraction of sp³-hybridized carbons (Fsp3) is 1.00. The maximum absolute atomic E-state index is 5.75. The molecule has 0 aromatic rings. The second-order valence-corrected chi connectivity index (χ2v) is 14.2. The van der Waals surface area contributed by atoms with E-state index in [1.807, 2.05) is 0 Å². The maximum Gasteiger partial charge on any atom is 0.412 e. The third kappa shape index (κ3) is 19.2. The first kappa shape index (κ1) is 27.3. The van der Waals surface area contributed by atoms with E-state index in [0.29, 0.717) is 0 Å². The van der Waals surface area contributed by atoms with E-state index in [2.05, 4.69) is 6.92 Å². The Labute approximate surface area is 187 Å². The van der Waals surface area contributed by atoms with Gasteiger partial charge in [-0.2, -0.15) is 0 Å². The molecule has 13 radical (unpaired) electrons. The molecule has 1 saturated heterocycles. The van der Waals surface area contributed by atoms with E-state index < -0.39 is 9.28 Å². The van der Waals surface area contributed by atoms with Crippen LogP contribution in [0.3, 0.4) is 0 Å². The summed E-state index contributed by atoms with van der Waals surface area (Å²) >= 11 is 0. The van der Waals surface area contributed by atoms with Crippen LogP contribution in [0.5, 0.6) is 0 Å². The average molecular weight is 506 g/mol.